The maximum absolute atomic E-state index is 11.9. The molecule has 0 radical (unpaired) electrons. The molecule has 0 aliphatic rings. The normalized spacial score (nSPS) is 12.7. The molecule has 0 aromatic rings. The Morgan fingerprint density at radius 1 is 1.06 bits per heavy atom. The van der Waals surface area contributed by atoms with E-state index in [-0.39, 0.29) is 25.2 Å². The molecule has 0 aromatic heterocycles. The lowest BCUT2D eigenvalue weighted by atomic mass is 10.0. The standard InChI is InChI=1S/C13H22O5/c1-6-9(14)8-10(11(15)17-7-2)12(16)18-13(3,4)5/h10H,6-8H2,1-5H3. The van der Waals surface area contributed by atoms with Gasteiger partial charge >= 0.3 is 11.9 Å². The lowest BCUT2D eigenvalue weighted by molar-refractivity contribution is -0.170. The fraction of sp³-hybridized carbons (Fsp3) is 0.769. The van der Waals surface area contributed by atoms with Gasteiger partial charge in [-0.1, -0.05) is 6.92 Å². The largest absolute Gasteiger partial charge is 0.465 e. The third-order valence-corrected chi connectivity index (χ3v) is 2.09. The van der Waals surface area contributed by atoms with Crippen LogP contribution < -0.4 is 0 Å². The van der Waals surface area contributed by atoms with Crippen molar-refractivity contribution < 1.29 is 23.9 Å². The summed E-state index contributed by atoms with van der Waals surface area (Å²) in [5.41, 5.74) is -0.697. The molecule has 5 heteroatoms. The molecule has 0 N–H and O–H groups in total. The molecule has 0 aliphatic carbocycles. The maximum atomic E-state index is 11.9. The molecule has 5 nitrogen and oxygen atoms in total. The van der Waals surface area contributed by atoms with Crippen LogP contribution in [0.15, 0.2) is 0 Å². The van der Waals surface area contributed by atoms with Gasteiger partial charge in [-0.05, 0) is 27.7 Å². The van der Waals surface area contributed by atoms with E-state index in [1.54, 1.807) is 34.6 Å². The summed E-state index contributed by atoms with van der Waals surface area (Å²) in [6.07, 6.45) is 0.114. The van der Waals surface area contributed by atoms with Gasteiger partial charge in [0.1, 0.15) is 11.4 Å². The number of carbonyl (C=O) groups is 3. The van der Waals surface area contributed by atoms with Crippen molar-refractivity contribution in [3.8, 4) is 0 Å². The average Bonchev–Trinajstić information content (AvgIpc) is 2.23. The minimum atomic E-state index is -1.16. The molecule has 0 saturated carbocycles. The van der Waals surface area contributed by atoms with Crippen molar-refractivity contribution >= 4 is 17.7 Å². The fourth-order valence-electron chi connectivity index (χ4n) is 1.25. The van der Waals surface area contributed by atoms with Gasteiger partial charge in [0.25, 0.3) is 0 Å². The second-order valence-corrected chi connectivity index (χ2v) is 4.93. The van der Waals surface area contributed by atoms with Crippen molar-refractivity contribution in [2.45, 2.75) is 53.1 Å². The third kappa shape index (κ3) is 6.37. The molecule has 0 heterocycles. The van der Waals surface area contributed by atoms with Crippen LogP contribution in [-0.2, 0) is 23.9 Å². The third-order valence-electron chi connectivity index (χ3n) is 2.09. The van der Waals surface area contributed by atoms with E-state index < -0.39 is 23.5 Å². The number of carbonyl (C=O) groups excluding carboxylic acids is 3. The van der Waals surface area contributed by atoms with Crippen LogP contribution >= 0.6 is 0 Å². The summed E-state index contributed by atoms with van der Waals surface area (Å²) in [6, 6.07) is 0. The average molecular weight is 258 g/mol. The van der Waals surface area contributed by atoms with E-state index >= 15 is 0 Å². The molecule has 104 valence electrons. The molecule has 0 aliphatic heterocycles. The van der Waals surface area contributed by atoms with Gasteiger partial charge in [0, 0.05) is 12.8 Å². The molecule has 18 heavy (non-hydrogen) atoms. The lowest BCUT2D eigenvalue weighted by Crippen LogP contribution is -2.35. The van der Waals surface area contributed by atoms with Gasteiger partial charge in [-0.25, -0.2) is 0 Å². The van der Waals surface area contributed by atoms with E-state index in [1.165, 1.54) is 0 Å². The number of hydrogen-bond acceptors (Lipinski definition) is 5. The Morgan fingerprint density at radius 3 is 2.00 bits per heavy atom. The first-order chi connectivity index (χ1) is 8.21. The van der Waals surface area contributed by atoms with E-state index in [0.717, 1.165) is 0 Å². The van der Waals surface area contributed by atoms with E-state index in [0.29, 0.717) is 0 Å². The van der Waals surface area contributed by atoms with Crippen LogP contribution in [0, 0.1) is 5.92 Å². The highest BCUT2D eigenvalue weighted by atomic mass is 16.6. The number of Topliss-reactive ketones (excluding diaryl/α,β-unsaturated/α-hetero) is 1. The molecule has 0 aromatic carbocycles. The Balaban J connectivity index is 4.80. The van der Waals surface area contributed by atoms with Gasteiger partial charge in [-0.15, -0.1) is 0 Å². The molecule has 0 bridgehead atoms. The zero-order valence-electron chi connectivity index (χ0n) is 11.7. The van der Waals surface area contributed by atoms with Crippen LogP contribution in [0.1, 0.15) is 47.5 Å². The highest BCUT2D eigenvalue weighted by molar-refractivity contribution is 5.99. The van der Waals surface area contributed by atoms with Gasteiger partial charge < -0.3 is 9.47 Å². The van der Waals surface area contributed by atoms with E-state index in [9.17, 15) is 14.4 Å². The quantitative estimate of drug-likeness (QED) is 0.537. The summed E-state index contributed by atoms with van der Waals surface area (Å²) in [5, 5.41) is 0. The van der Waals surface area contributed by atoms with Crippen LogP contribution in [0.2, 0.25) is 0 Å². The van der Waals surface area contributed by atoms with Crippen LogP contribution in [0.25, 0.3) is 0 Å². The van der Waals surface area contributed by atoms with Crippen molar-refractivity contribution in [1.29, 1.82) is 0 Å². The van der Waals surface area contributed by atoms with Gasteiger partial charge in [0.15, 0.2) is 5.92 Å². The summed E-state index contributed by atoms with van der Waals surface area (Å²) in [5.74, 6) is -2.73. The number of ketones is 1. The predicted molar refractivity (Wildman–Crippen MR) is 65.9 cm³/mol. The smallest absolute Gasteiger partial charge is 0.321 e. The zero-order valence-corrected chi connectivity index (χ0v) is 11.7. The van der Waals surface area contributed by atoms with Gasteiger partial charge in [0.2, 0.25) is 0 Å². The highest BCUT2D eigenvalue weighted by Crippen LogP contribution is 2.16. The second-order valence-electron chi connectivity index (χ2n) is 4.93. The van der Waals surface area contributed by atoms with Crippen molar-refractivity contribution in [2.75, 3.05) is 6.61 Å². The minimum Gasteiger partial charge on any atom is -0.465 e. The first-order valence-electron chi connectivity index (χ1n) is 6.12. The SMILES string of the molecule is CCOC(=O)C(CC(=O)CC)C(=O)OC(C)(C)C. The number of hydrogen-bond donors (Lipinski definition) is 0. The Kier molecular flexibility index (Phi) is 6.58. The van der Waals surface area contributed by atoms with Crippen molar-refractivity contribution in [2.24, 2.45) is 5.92 Å². The molecule has 1 atom stereocenters. The van der Waals surface area contributed by atoms with Crippen molar-refractivity contribution in [1.82, 2.24) is 0 Å². The Hall–Kier alpha value is -1.39. The van der Waals surface area contributed by atoms with Crippen molar-refractivity contribution in [3.05, 3.63) is 0 Å². The lowest BCUT2D eigenvalue weighted by Gasteiger charge is -2.22. The number of ether oxygens (including phenoxy) is 2. The summed E-state index contributed by atoms with van der Waals surface area (Å²) < 4.78 is 9.91. The van der Waals surface area contributed by atoms with Crippen LogP contribution in [0.4, 0.5) is 0 Å². The van der Waals surface area contributed by atoms with Crippen LogP contribution in [-0.4, -0.2) is 29.9 Å². The van der Waals surface area contributed by atoms with Gasteiger partial charge in [0.05, 0.1) is 6.61 Å². The molecule has 0 amide bonds. The topological polar surface area (TPSA) is 69.7 Å². The van der Waals surface area contributed by atoms with Gasteiger partial charge in [-0.2, -0.15) is 0 Å². The molecular formula is C13H22O5. The molecule has 1 unspecified atom stereocenters. The molecule has 0 rings (SSSR count). The Morgan fingerprint density at radius 2 is 1.61 bits per heavy atom. The summed E-state index contributed by atoms with van der Waals surface area (Å²) in [7, 11) is 0. The van der Waals surface area contributed by atoms with Crippen LogP contribution in [0.5, 0.6) is 0 Å². The summed E-state index contributed by atoms with van der Waals surface area (Å²) >= 11 is 0. The number of rotatable bonds is 6. The maximum Gasteiger partial charge on any atom is 0.321 e. The zero-order chi connectivity index (χ0) is 14.3. The predicted octanol–water partition coefficient (Wildman–Crippen LogP) is 1.88. The van der Waals surface area contributed by atoms with Gasteiger partial charge in [-0.3, -0.25) is 14.4 Å². The van der Waals surface area contributed by atoms with E-state index in [1.807, 2.05) is 0 Å². The first-order valence-corrected chi connectivity index (χ1v) is 6.12. The Bertz CT molecular complexity index is 314. The van der Waals surface area contributed by atoms with Crippen molar-refractivity contribution in [3.63, 3.8) is 0 Å². The Labute approximate surface area is 108 Å². The second kappa shape index (κ2) is 7.13. The van der Waals surface area contributed by atoms with Crippen LogP contribution in [0.3, 0.4) is 0 Å². The molecule has 0 spiro atoms. The van der Waals surface area contributed by atoms with E-state index in [4.69, 9.17) is 9.47 Å². The monoisotopic (exact) mass is 258 g/mol. The molecule has 0 fully saturated rings. The number of esters is 2. The fourth-order valence-corrected chi connectivity index (χ4v) is 1.25. The molecule has 0 saturated heterocycles. The summed E-state index contributed by atoms with van der Waals surface area (Å²) in [4.78, 5) is 34.9. The highest BCUT2D eigenvalue weighted by Gasteiger charge is 2.33. The minimum absolute atomic E-state index is 0.162. The summed E-state index contributed by atoms with van der Waals surface area (Å²) in [6.45, 7) is 8.60. The first kappa shape index (κ1) is 16.6. The van der Waals surface area contributed by atoms with E-state index in [2.05, 4.69) is 0 Å². The molecular weight excluding hydrogens is 236 g/mol.